The first-order valence-corrected chi connectivity index (χ1v) is 5.77. The second-order valence-corrected chi connectivity index (χ2v) is 4.70. The Morgan fingerprint density at radius 2 is 2.14 bits per heavy atom. The van der Waals surface area contributed by atoms with Gasteiger partial charge in [-0.25, -0.2) is 0 Å². The van der Waals surface area contributed by atoms with E-state index in [2.05, 4.69) is 18.0 Å². The molecule has 14 heavy (non-hydrogen) atoms. The van der Waals surface area contributed by atoms with Crippen molar-refractivity contribution in [2.75, 3.05) is 0 Å². The third kappa shape index (κ3) is 1.93. The summed E-state index contributed by atoms with van der Waals surface area (Å²) in [6.07, 6.45) is 8.80. The molecule has 76 valence electrons. The minimum Gasteiger partial charge on any atom is -0.264 e. The molecule has 1 fully saturated rings. The van der Waals surface area contributed by atoms with E-state index in [1.54, 1.807) is 0 Å². The number of hydrogen-bond donors (Lipinski definition) is 0. The molecule has 0 radical (unpaired) electrons. The van der Waals surface area contributed by atoms with Crippen LogP contribution in [0.5, 0.6) is 0 Å². The van der Waals surface area contributed by atoms with E-state index in [1.165, 1.54) is 30.4 Å². The Bertz CT molecular complexity index is 311. The molecule has 0 aromatic carbocycles. The molecule has 1 aromatic rings. The Labute approximate surface area is 90.5 Å². The lowest BCUT2D eigenvalue weighted by atomic mass is 9.83. The van der Waals surface area contributed by atoms with Crippen LogP contribution in [0.2, 0.25) is 0 Å². The highest BCUT2D eigenvalue weighted by molar-refractivity contribution is 6.21. The fraction of sp³-hybridized carbons (Fsp3) is 0.583. The summed E-state index contributed by atoms with van der Waals surface area (Å²) >= 11 is 6.36. The highest BCUT2D eigenvalue weighted by atomic mass is 35.5. The summed E-state index contributed by atoms with van der Waals surface area (Å²) in [4.78, 5) is 4.20. The third-order valence-corrected chi connectivity index (χ3v) is 3.68. The van der Waals surface area contributed by atoms with Crippen molar-refractivity contribution in [2.24, 2.45) is 0 Å². The van der Waals surface area contributed by atoms with Gasteiger partial charge in [0.25, 0.3) is 0 Å². The molecule has 0 amide bonds. The number of rotatable bonds is 1. The van der Waals surface area contributed by atoms with Gasteiger partial charge in [0.15, 0.2) is 0 Å². The largest absolute Gasteiger partial charge is 0.264 e. The van der Waals surface area contributed by atoms with Gasteiger partial charge in [-0.05, 0) is 37.0 Å². The molecule has 0 bridgehead atoms. The van der Waals surface area contributed by atoms with Gasteiger partial charge in [-0.3, -0.25) is 4.98 Å². The predicted molar refractivity (Wildman–Crippen MR) is 59.8 cm³/mol. The highest BCUT2D eigenvalue weighted by Crippen LogP contribution is 2.37. The molecule has 0 spiro atoms. The molecular weight excluding hydrogens is 194 g/mol. The summed E-state index contributed by atoms with van der Waals surface area (Å²) in [6, 6.07) is 2.08. The number of halogens is 1. The maximum atomic E-state index is 6.36. The molecule has 0 aliphatic heterocycles. The summed E-state index contributed by atoms with van der Waals surface area (Å²) in [5.74, 6) is 0.527. The summed E-state index contributed by atoms with van der Waals surface area (Å²) in [7, 11) is 0. The standard InChI is InChI=1S/C12H16ClN/c1-9-6-7-14-8-11(9)10-4-2-3-5-12(10)13/h6-8,10,12H,2-5H2,1H3. The first-order valence-electron chi connectivity index (χ1n) is 5.33. The number of pyridine rings is 1. The van der Waals surface area contributed by atoms with Gasteiger partial charge in [-0.1, -0.05) is 12.8 Å². The molecular formula is C12H16ClN. The molecule has 2 heteroatoms. The molecule has 2 unspecified atom stereocenters. The van der Waals surface area contributed by atoms with Crippen LogP contribution in [0.4, 0.5) is 0 Å². The Morgan fingerprint density at radius 3 is 2.86 bits per heavy atom. The number of hydrogen-bond acceptors (Lipinski definition) is 1. The molecule has 1 aliphatic carbocycles. The van der Waals surface area contributed by atoms with Gasteiger partial charge >= 0.3 is 0 Å². The van der Waals surface area contributed by atoms with Crippen LogP contribution in [0.25, 0.3) is 0 Å². The topological polar surface area (TPSA) is 12.9 Å². The second kappa shape index (κ2) is 4.31. The van der Waals surface area contributed by atoms with Crippen molar-refractivity contribution in [2.45, 2.75) is 43.9 Å². The summed E-state index contributed by atoms with van der Waals surface area (Å²) in [6.45, 7) is 2.15. The van der Waals surface area contributed by atoms with Crippen molar-refractivity contribution in [3.05, 3.63) is 29.6 Å². The molecule has 1 aromatic heterocycles. The van der Waals surface area contributed by atoms with E-state index >= 15 is 0 Å². The molecule has 0 N–H and O–H groups in total. The van der Waals surface area contributed by atoms with Gasteiger partial charge in [0.05, 0.1) is 0 Å². The molecule has 2 rings (SSSR count). The fourth-order valence-corrected chi connectivity index (χ4v) is 2.72. The van der Waals surface area contributed by atoms with E-state index in [0.29, 0.717) is 11.3 Å². The zero-order chi connectivity index (χ0) is 9.97. The smallest absolute Gasteiger partial charge is 0.0405 e. The predicted octanol–water partition coefficient (Wildman–Crippen LogP) is 3.66. The first-order chi connectivity index (χ1) is 6.79. The minimum absolute atomic E-state index is 0.312. The number of alkyl halides is 1. The highest BCUT2D eigenvalue weighted by Gasteiger charge is 2.25. The van der Waals surface area contributed by atoms with Crippen LogP contribution in [0, 0.1) is 6.92 Å². The van der Waals surface area contributed by atoms with E-state index in [1.807, 2.05) is 12.4 Å². The van der Waals surface area contributed by atoms with Gasteiger partial charge < -0.3 is 0 Å². The van der Waals surface area contributed by atoms with Crippen molar-refractivity contribution in [3.63, 3.8) is 0 Å². The maximum absolute atomic E-state index is 6.36. The SMILES string of the molecule is Cc1ccncc1C1CCCCC1Cl. The molecule has 2 atom stereocenters. The van der Waals surface area contributed by atoms with Gasteiger partial charge in [-0.2, -0.15) is 0 Å². The van der Waals surface area contributed by atoms with E-state index in [-0.39, 0.29) is 0 Å². The average Bonchev–Trinajstić information content (AvgIpc) is 2.20. The minimum atomic E-state index is 0.312. The van der Waals surface area contributed by atoms with Crippen LogP contribution in [0.15, 0.2) is 18.5 Å². The average molecular weight is 210 g/mol. The zero-order valence-corrected chi connectivity index (χ0v) is 9.30. The lowest BCUT2D eigenvalue weighted by molar-refractivity contribution is 0.448. The van der Waals surface area contributed by atoms with E-state index < -0.39 is 0 Å². The zero-order valence-electron chi connectivity index (χ0n) is 8.54. The van der Waals surface area contributed by atoms with Crippen molar-refractivity contribution < 1.29 is 0 Å². The van der Waals surface area contributed by atoms with Crippen molar-refractivity contribution in [1.82, 2.24) is 4.98 Å². The van der Waals surface area contributed by atoms with Gasteiger partial charge in [0.1, 0.15) is 0 Å². The Kier molecular flexibility index (Phi) is 3.07. The van der Waals surface area contributed by atoms with Crippen LogP contribution in [0.1, 0.15) is 42.7 Å². The molecule has 1 saturated carbocycles. The second-order valence-electron chi connectivity index (χ2n) is 4.14. The number of nitrogens with zero attached hydrogens (tertiary/aromatic N) is 1. The van der Waals surface area contributed by atoms with Crippen LogP contribution in [-0.2, 0) is 0 Å². The summed E-state index contributed by atoms with van der Waals surface area (Å²) in [5, 5.41) is 0.312. The fourth-order valence-electron chi connectivity index (χ4n) is 2.30. The van der Waals surface area contributed by atoms with Gasteiger partial charge in [-0.15, -0.1) is 11.6 Å². The van der Waals surface area contributed by atoms with Crippen molar-refractivity contribution >= 4 is 11.6 Å². The van der Waals surface area contributed by atoms with Crippen LogP contribution < -0.4 is 0 Å². The third-order valence-electron chi connectivity index (χ3n) is 3.16. The number of aromatic nitrogens is 1. The summed E-state index contributed by atoms with van der Waals surface area (Å²) in [5.41, 5.74) is 2.68. The van der Waals surface area contributed by atoms with E-state index in [4.69, 9.17) is 11.6 Å². The number of aryl methyl sites for hydroxylation is 1. The van der Waals surface area contributed by atoms with Crippen LogP contribution >= 0.6 is 11.6 Å². The normalized spacial score (nSPS) is 27.6. The quantitative estimate of drug-likeness (QED) is 0.644. The molecule has 0 saturated heterocycles. The Hall–Kier alpha value is -0.560. The first kappa shape index (κ1) is 9.97. The van der Waals surface area contributed by atoms with Crippen molar-refractivity contribution in [1.29, 1.82) is 0 Å². The van der Waals surface area contributed by atoms with Crippen molar-refractivity contribution in [3.8, 4) is 0 Å². The van der Waals surface area contributed by atoms with Gasteiger partial charge in [0, 0.05) is 23.7 Å². The lowest BCUT2D eigenvalue weighted by Crippen LogP contribution is -2.18. The lowest BCUT2D eigenvalue weighted by Gasteiger charge is -2.28. The van der Waals surface area contributed by atoms with Crippen LogP contribution in [0.3, 0.4) is 0 Å². The molecule has 1 aliphatic rings. The van der Waals surface area contributed by atoms with E-state index in [9.17, 15) is 0 Å². The maximum Gasteiger partial charge on any atom is 0.0405 e. The summed E-state index contributed by atoms with van der Waals surface area (Å²) < 4.78 is 0. The van der Waals surface area contributed by atoms with E-state index in [0.717, 1.165) is 6.42 Å². The monoisotopic (exact) mass is 209 g/mol. The molecule has 1 heterocycles. The molecule has 1 nitrogen and oxygen atoms in total. The Morgan fingerprint density at radius 1 is 1.36 bits per heavy atom. The Balaban J connectivity index is 2.25. The van der Waals surface area contributed by atoms with Gasteiger partial charge in [0.2, 0.25) is 0 Å². The van der Waals surface area contributed by atoms with Crippen LogP contribution in [-0.4, -0.2) is 10.4 Å².